The summed E-state index contributed by atoms with van der Waals surface area (Å²) in [5.74, 6) is 9.50. The number of hydrogen-bond donors (Lipinski definition) is 1. The molecule has 2 N–H and O–H groups in total. The summed E-state index contributed by atoms with van der Waals surface area (Å²) in [5.41, 5.74) is 2.57. The molecule has 0 radical (unpaired) electrons. The van der Waals surface area contributed by atoms with Crippen LogP contribution in [0, 0.1) is 34.5 Å². The normalized spacial score (nSPS) is 54.9. The zero-order chi connectivity index (χ0) is 14.7. The van der Waals surface area contributed by atoms with Crippen molar-refractivity contribution in [1.82, 2.24) is 0 Å². The summed E-state index contributed by atoms with van der Waals surface area (Å²) in [5, 5.41) is 4.05. The van der Waals surface area contributed by atoms with Gasteiger partial charge in [-0.15, -0.1) is 0 Å². The highest BCUT2D eigenvalue weighted by Gasteiger charge is 2.57. The maximum Gasteiger partial charge on any atom is 0.0379 e. The first kappa shape index (κ1) is 14.1. The van der Waals surface area contributed by atoms with Gasteiger partial charge in [-0.05, 0) is 92.3 Å². The second-order valence-electron chi connectivity index (χ2n) is 9.14. The minimum atomic E-state index is 0.584. The highest BCUT2D eigenvalue weighted by Crippen LogP contribution is 2.65. The van der Waals surface area contributed by atoms with Gasteiger partial charge in [-0.25, -0.2) is 0 Å². The Hall–Kier alpha value is -0.530. The third-order valence-electron chi connectivity index (χ3n) is 8.46. The lowest BCUT2D eigenvalue weighted by molar-refractivity contribution is -0.0918. The van der Waals surface area contributed by atoms with Gasteiger partial charge in [0.1, 0.15) is 0 Å². The molecule has 0 aromatic carbocycles. The van der Waals surface area contributed by atoms with Crippen molar-refractivity contribution in [3.05, 3.63) is 0 Å². The maximum absolute atomic E-state index is 5.58. The van der Waals surface area contributed by atoms with Crippen molar-refractivity contribution in [1.29, 1.82) is 0 Å². The van der Waals surface area contributed by atoms with E-state index in [1.807, 2.05) is 0 Å². The fourth-order valence-electron chi connectivity index (χ4n) is 7.17. The van der Waals surface area contributed by atoms with Crippen molar-refractivity contribution in [2.75, 3.05) is 0 Å². The molecule has 0 amide bonds. The van der Waals surface area contributed by atoms with E-state index in [2.05, 4.69) is 18.9 Å². The molecule has 0 bridgehead atoms. The van der Waals surface area contributed by atoms with Crippen LogP contribution in [0.15, 0.2) is 5.10 Å². The lowest BCUT2D eigenvalue weighted by Crippen LogP contribution is -2.52. The Bertz CT molecular complexity index is 456. The van der Waals surface area contributed by atoms with Gasteiger partial charge in [0, 0.05) is 5.71 Å². The van der Waals surface area contributed by atoms with Crippen molar-refractivity contribution in [2.24, 2.45) is 45.4 Å². The number of hydrazone groups is 1. The number of nitrogens with two attached hydrogens (primary N) is 1. The molecule has 4 rings (SSSR count). The summed E-state index contributed by atoms with van der Waals surface area (Å²) in [4.78, 5) is 0. The Labute approximate surface area is 129 Å². The van der Waals surface area contributed by atoms with Crippen LogP contribution < -0.4 is 5.84 Å². The van der Waals surface area contributed by atoms with E-state index in [1.165, 1.54) is 63.5 Å². The quantitative estimate of drug-likeness (QED) is 0.507. The van der Waals surface area contributed by atoms with Crippen molar-refractivity contribution < 1.29 is 0 Å². The first-order valence-electron chi connectivity index (χ1n) is 9.32. The van der Waals surface area contributed by atoms with E-state index < -0.39 is 0 Å². The largest absolute Gasteiger partial charge is 0.323 e. The SMILES string of the molecule is C[C@@]12CCC[C@@H]1[C@@H]1CC[C@@H]3CC(=NN)CC[C@]3(C)[C@H]1CC2. The van der Waals surface area contributed by atoms with Crippen molar-refractivity contribution >= 4 is 5.71 Å². The maximum atomic E-state index is 5.58. The topological polar surface area (TPSA) is 38.4 Å². The Morgan fingerprint density at radius 1 is 1.00 bits per heavy atom. The van der Waals surface area contributed by atoms with Crippen LogP contribution in [0.25, 0.3) is 0 Å². The predicted molar refractivity (Wildman–Crippen MR) is 88.0 cm³/mol. The number of hydrogen-bond acceptors (Lipinski definition) is 2. The van der Waals surface area contributed by atoms with Crippen LogP contribution in [0.5, 0.6) is 0 Å². The highest BCUT2D eigenvalue weighted by atomic mass is 15.1. The molecule has 0 heterocycles. The summed E-state index contributed by atoms with van der Waals surface area (Å²) in [6, 6.07) is 0. The van der Waals surface area contributed by atoms with Crippen LogP contribution in [0.1, 0.15) is 78.1 Å². The second-order valence-corrected chi connectivity index (χ2v) is 9.14. The molecule has 6 atom stereocenters. The van der Waals surface area contributed by atoms with E-state index in [0.717, 1.165) is 30.1 Å². The third-order valence-corrected chi connectivity index (χ3v) is 8.46. The van der Waals surface area contributed by atoms with Gasteiger partial charge in [-0.2, -0.15) is 5.10 Å². The average molecular weight is 288 g/mol. The molecule has 2 heteroatoms. The van der Waals surface area contributed by atoms with Crippen LogP contribution in [-0.2, 0) is 0 Å². The minimum absolute atomic E-state index is 0.584. The first-order chi connectivity index (χ1) is 10.1. The van der Waals surface area contributed by atoms with Gasteiger partial charge in [0.15, 0.2) is 0 Å². The van der Waals surface area contributed by atoms with E-state index in [-0.39, 0.29) is 0 Å². The number of fused-ring (bicyclic) bond motifs is 5. The molecule has 4 saturated carbocycles. The molecule has 0 aliphatic heterocycles. The molecule has 21 heavy (non-hydrogen) atoms. The lowest BCUT2D eigenvalue weighted by atomic mass is 9.45. The third kappa shape index (κ3) is 1.93. The summed E-state index contributed by atoms with van der Waals surface area (Å²) >= 11 is 0. The van der Waals surface area contributed by atoms with Crippen molar-refractivity contribution in [2.45, 2.75) is 78.1 Å². The molecule has 0 spiro atoms. The monoisotopic (exact) mass is 288 g/mol. The Balaban J connectivity index is 1.61. The van der Waals surface area contributed by atoms with Crippen molar-refractivity contribution in [3.8, 4) is 0 Å². The Morgan fingerprint density at radius 2 is 1.86 bits per heavy atom. The number of nitrogens with zero attached hydrogens (tertiary/aromatic N) is 1. The number of rotatable bonds is 0. The zero-order valence-corrected chi connectivity index (χ0v) is 13.9. The van der Waals surface area contributed by atoms with Gasteiger partial charge in [0.25, 0.3) is 0 Å². The van der Waals surface area contributed by atoms with Gasteiger partial charge in [-0.3, -0.25) is 0 Å². The van der Waals surface area contributed by atoms with E-state index in [4.69, 9.17) is 5.84 Å². The Morgan fingerprint density at radius 3 is 2.67 bits per heavy atom. The van der Waals surface area contributed by atoms with E-state index >= 15 is 0 Å². The molecular weight excluding hydrogens is 256 g/mol. The second kappa shape index (κ2) is 4.73. The van der Waals surface area contributed by atoms with Crippen LogP contribution in [-0.4, -0.2) is 5.71 Å². The zero-order valence-electron chi connectivity index (χ0n) is 13.9. The van der Waals surface area contributed by atoms with Gasteiger partial charge < -0.3 is 5.84 Å². The molecule has 4 aliphatic carbocycles. The van der Waals surface area contributed by atoms with Gasteiger partial charge in [0.2, 0.25) is 0 Å². The Kier molecular flexibility index (Phi) is 3.17. The summed E-state index contributed by atoms with van der Waals surface area (Å²) in [7, 11) is 0. The molecule has 0 saturated heterocycles. The highest BCUT2D eigenvalue weighted by molar-refractivity contribution is 5.85. The van der Waals surface area contributed by atoms with Crippen molar-refractivity contribution in [3.63, 3.8) is 0 Å². The van der Waals surface area contributed by atoms with Crippen LogP contribution in [0.4, 0.5) is 0 Å². The molecule has 4 aliphatic rings. The fraction of sp³-hybridized carbons (Fsp3) is 0.947. The van der Waals surface area contributed by atoms with Crippen LogP contribution in [0.3, 0.4) is 0 Å². The van der Waals surface area contributed by atoms with Crippen LogP contribution >= 0.6 is 0 Å². The molecule has 118 valence electrons. The predicted octanol–water partition coefficient (Wildman–Crippen LogP) is 4.73. The first-order valence-corrected chi connectivity index (χ1v) is 9.32. The lowest BCUT2D eigenvalue weighted by Gasteiger charge is -2.60. The van der Waals surface area contributed by atoms with Gasteiger partial charge in [-0.1, -0.05) is 20.3 Å². The molecule has 4 fully saturated rings. The van der Waals surface area contributed by atoms with E-state index in [0.29, 0.717) is 10.8 Å². The summed E-state index contributed by atoms with van der Waals surface area (Å²) in [6.07, 6.45) is 14.1. The molecule has 0 aromatic rings. The summed E-state index contributed by atoms with van der Waals surface area (Å²) in [6.45, 7) is 5.23. The molecule has 2 nitrogen and oxygen atoms in total. The van der Waals surface area contributed by atoms with E-state index in [1.54, 1.807) is 0 Å². The molecule has 0 aromatic heterocycles. The van der Waals surface area contributed by atoms with Gasteiger partial charge >= 0.3 is 0 Å². The standard InChI is InChI=1S/C19H32N2/c1-18-9-3-4-16(18)15-6-5-13-12-14(21-20)7-11-19(13,2)17(15)8-10-18/h13,15-17H,3-12,20H2,1-2H3/t13-,15+,16-,17+,18+,19+/m1/s1. The average Bonchev–Trinajstić information content (AvgIpc) is 2.88. The molecular formula is C19H32N2. The molecule has 0 unspecified atom stereocenters. The smallest absolute Gasteiger partial charge is 0.0379 e. The van der Waals surface area contributed by atoms with Gasteiger partial charge in [0.05, 0.1) is 0 Å². The fourth-order valence-corrected chi connectivity index (χ4v) is 7.17. The summed E-state index contributed by atoms with van der Waals surface area (Å²) < 4.78 is 0. The van der Waals surface area contributed by atoms with Crippen LogP contribution in [0.2, 0.25) is 0 Å². The van der Waals surface area contributed by atoms with E-state index in [9.17, 15) is 0 Å². The minimum Gasteiger partial charge on any atom is -0.323 e.